The van der Waals surface area contributed by atoms with Gasteiger partial charge >= 0.3 is 0 Å². The summed E-state index contributed by atoms with van der Waals surface area (Å²) in [5.74, 6) is 0.568. The van der Waals surface area contributed by atoms with Crippen molar-refractivity contribution in [1.29, 1.82) is 0 Å². The average molecular weight is 880 g/mol. The van der Waals surface area contributed by atoms with E-state index in [1.165, 1.54) is 116 Å². The van der Waals surface area contributed by atoms with Gasteiger partial charge in [-0.05, 0) is 140 Å². The second kappa shape index (κ2) is 16.2. The van der Waals surface area contributed by atoms with Gasteiger partial charge in [-0.2, -0.15) is 10.0 Å². The van der Waals surface area contributed by atoms with Crippen molar-refractivity contribution in [3.63, 3.8) is 0 Å². The summed E-state index contributed by atoms with van der Waals surface area (Å²) in [4.78, 5) is 2.94. The number of aromatic nitrogens is 1. The molecule has 2 heteroatoms. The van der Waals surface area contributed by atoms with E-state index >= 15 is 0 Å². The molecule has 1 nitrogen and oxygen atoms in total. The minimum atomic E-state index is -1.16. The van der Waals surface area contributed by atoms with Gasteiger partial charge in [-0.3, -0.25) is 0 Å². The summed E-state index contributed by atoms with van der Waals surface area (Å²) < 4.78 is 2.50. The molecule has 1 aromatic heterocycles. The lowest BCUT2D eigenvalue weighted by Gasteiger charge is -2.28. The molecule has 2 aliphatic carbocycles. The topological polar surface area (TPSA) is 4.93 Å². The minimum absolute atomic E-state index is 0.181. The molecule has 2 unspecified atom stereocenters. The third-order valence-corrected chi connectivity index (χ3v) is 17.6. The molecule has 10 aromatic rings. The third-order valence-electron chi connectivity index (χ3n) is 14.7. The zero-order chi connectivity index (χ0) is 45.3. The van der Waals surface area contributed by atoms with E-state index in [-0.39, 0.29) is 5.41 Å². The number of rotatable bonds is 7. The molecule has 0 amide bonds. The summed E-state index contributed by atoms with van der Waals surface area (Å²) in [7, 11) is -1.16. The molecule has 1 aliphatic heterocycles. The van der Waals surface area contributed by atoms with Crippen LogP contribution in [-0.2, 0) is 5.41 Å². The molecule has 1 saturated carbocycles. The number of allylic oxidation sites excluding steroid dienone is 4. The minimum Gasteiger partial charge on any atom is -0.309 e. The molecule has 0 N–H and O–H groups in total. The van der Waals surface area contributed by atoms with Gasteiger partial charge in [0, 0.05) is 31.7 Å². The summed E-state index contributed by atoms with van der Waals surface area (Å²) in [5, 5.41) is 2.52. The average Bonchev–Trinajstić information content (AvgIpc) is 4.00. The van der Waals surface area contributed by atoms with E-state index in [9.17, 15) is 0 Å². The van der Waals surface area contributed by atoms with Crippen LogP contribution >= 0.6 is 10.0 Å². The predicted molar refractivity (Wildman–Crippen MR) is 289 cm³/mol. The lowest BCUT2D eigenvalue weighted by atomic mass is 9.87. The van der Waals surface area contributed by atoms with Crippen molar-refractivity contribution in [2.24, 2.45) is 5.92 Å². The van der Waals surface area contributed by atoms with E-state index in [1.54, 1.807) is 0 Å². The molecular weight excluding hydrogens is 827 g/mol. The Bertz CT molecular complexity index is 3550. The van der Waals surface area contributed by atoms with E-state index < -0.39 is 10.0 Å². The van der Waals surface area contributed by atoms with Gasteiger partial charge in [0.15, 0.2) is 0 Å². The largest absolute Gasteiger partial charge is 0.309 e. The van der Waals surface area contributed by atoms with Crippen molar-refractivity contribution in [3.8, 4) is 61.3 Å². The number of fused-ring (bicyclic) bond motifs is 7. The van der Waals surface area contributed by atoms with Crippen LogP contribution in [0.4, 0.5) is 0 Å². The zero-order valence-corrected chi connectivity index (χ0v) is 39.4. The molecule has 2 heterocycles. The SMILES string of the molecule is CC.CS1(C)c2ccccc2-c2ccc(-n3c4ccc(-c5ccc(C6=CC7CC7(c7ccccc7)C=C6)cc5)cc4c4cc(-c5ccc(-c6ccc(-c7ccccc7)cc6)cc5)ccc43)cc21. The van der Waals surface area contributed by atoms with Crippen LogP contribution in [-0.4, -0.2) is 17.1 Å². The van der Waals surface area contributed by atoms with E-state index in [4.69, 9.17) is 0 Å². The number of hydrogen-bond acceptors (Lipinski definition) is 0. The van der Waals surface area contributed by atoms with Crippen molar-refractivity contribution in [2.45, 2.75) is 35.5 Å². The smallest absolute Gasteiger partial charge is 0.0541 e. The van der Waals surface area contributed by atoms with Gasteiger partial charge in [-0.15, -0.1) is 0 Å². The highest BCUT2D eigenvalue weighted by Gasteiger charge is 2.53. The quantitative estimate of drug-likeness (QED) is 0.150. The first-order valence-electron chi connectivity index (χ1n) is 23.8. The van der Waals surface area contributed by atoms with Crippen molar-refractivity contribution in [1.82, 2.24) is 4.57 Å². The second-order valence-corrected chi connectivity index (χ2v) is 22.1. The van der Waals surface area contributed by atoms with Gasteiger partial charge in [0.05, 0.1) is 11.0 Å². The Hall–Kier alpha value is -7.39. The summed E-state index contributed by atoms with van der Waals surface area (Å²) in [5.41, 5.74) is 20.4. The van der Waals surface area contributed by atoms with Crippen LogP contribution in [0.3, 0.4) is 0 Å². The maximum atomic E-state index is 2.50. The van der Waals surface area contributed by atoms with Crippen LogP contribution in [0, 0.1) is 5.92 Å². The summed E-state index contributed by atoms with van der Waals surface area (Å²) in [6, 6.07) is 79.1. The molecule has 324 valence electrons. The van der Waals surface area contributed by atoms with E-state index in [0.717, 1.165) is 0 Å². The molecule has 0 bridgehead atoms. The Morgan fingerprint density at radius 3 is 1.46 bits per heavy atom. The number of hydrogen-bond donors (Lipinski definition) is 0. The van der Waals surface area contributed by atoms with Gasteiger partial charge in [0.2, 0.25) is 0 Å². The Balaban J connectivity index is 0.00000231. The molecule has 0 saturated heterocycles. The molecule has 3 aliphatic rings. The van der Waals surface area contributed by atoms with Crippen molar-refractivity contribution in [3.05, 3.63) is 242 Å². The zero-order valence-electron chi connectivity index (χ0n) is 38.6. The Morgan fingerprint density at radius 1 is 0.433 bits per heavy atom. The molecule has 67 heavy (non-hydrogen) atoms. The first kappa shape index (κ1) is 41.1. The first-order valence-corrected chi connectivity index (χ1v) is 26.3. The number of benzene rings is 9. The van der Waals surface area contributed by atoms with Crippen molar-refractivity contribution >= 4 is 37.4 Å². The molecule has 13 rings (SSSR count). The maximum Gasteiger partial charge on any atom is 0.0541 e. The van der Waals surface area contributed by atoms with Crippen LogP contribution < -0.4 is 0 Å². The van der Waals surface area contributed by atoms with Crippen LogP contribution in [0.2, 0.25) is 0 Å². The third kappa shape index (κ3) is 6.85. The summed E-state index contributed by atoms with van der Waals surface area (Å²) >= 11 is 0. The fourth-order valence-corrected chi connectivity index (χ4v) is 13.5. The van der Waals surface area contributed by atoms with Crippen LogP contribution in [0.1, 0.15) is 31.4 Å². The summed E-state index contributed by atoms with van der Waals surface area (Å²) in [6.07, 6.45) is 13.4. The lowest BCUT2D eigenvalue weighted by molar-refractivity contribution is 0.820. The fraction of sp³-hybridized carbons (Fsp3) is 0.108. The Labute approximate surface area is 396 Å². The molecule has 0 radical (unpaired) electrons. The molecular formula is C65H53NS. The maximum absolute atomic E-state index is 2.50. The Morgan fingerprint density at radius 2 is 0.896 bits per heavy atom. The predicted octanol–water partition coefficient (Wildman–Crippen LogP) is 17.9. The van der Waals surface area contributed by atoms with Gasteiger partial charge in [0.25, 0.3) is 0 Å². The highest BCUT2D eigenvalue weighted by molar-refractivity contribution is 8.33. The molecule has 0 spiro atoms. The standard InChI is InChI=1S/C63H47NS.C2H6/c1-65(2)61-16-10-9-15-55(61)56-32-31-54(40-62(56)65)64-59-33-29-49(46-23-21-45(22-24-46)44-19-17-43(18-20-44)42-11-5-3-6-12-42)38-57(59)58-39-50(30-34-60(58)64)47-25-27-48(28-26-47)51-35-36-63(41-53(63)37-51)52-13-7-4-8-14-52;1-2/h3-40,53H,41H2,1-2H3;1-2H3. The highest BCUT2D eigenvalue weighted by atomic mass is 32.3. The van der Waals surface area contributed by atoms with Gasteiger partial charge < -0.3 is 4.57 Å². The molecule has 2 atom stereocenters. The van der Waals surface area contributed by atoms with Crippen LogP contribution in [0.5, 0.6) is 0 Å². The van der Waals surface area contributed by atoms with Crippen LogP contribution in [0.15, 0.2) is 240 Å². The van der Waals surface area contributed by atoms with Crippen LogP contribution in [0.25, 0.3) is 88.7 Å². The number of nitrogens with zero attached hydrogens (tertiary/aromatic N) is 1. The normalized spacial score (nSPS) is 17.7. The van der Waals surface area contributed by atoms with Gasteiger partial charge in [-0.1, -0.05) is 202 Å². The van der Waals surface area contributed by atoms with Gasteiger partial charge in [0.1, 0.15) is 0 Å². The first-order chi connectivity index (χ1) is 32.9. The van der Waals surface area contributed by atoms with E-state index in [1.807, 2.05) is 13.8 Å². The van der Waals surface area contributed by atoms with E-state index in [0.29, 0.717) is 5.92 Å². The van der Waals surface area contributed by atoms with Gasteiger partial charge in [-0.25, -0.2) is 0 Å². The van der Waals surface area contributed by atoms with Crippen molar-refractivity contribution < 1.29 is 0 Å². The fourth-order valence-electron chi connectivity index (χ4n) is 11.0. The van der Waals surface area contributed by atoms with E-state index in [2.05, 4.69) is 248 Å². The lowest BCUT2D eigenvalue weighted by Crippen LogP contribution is -2.08. The second-order valence-electron chi connectivity index (χ2n) is 18.6. The Kier molecular flexibility index (Phi) is 9.92. The molecule has 9 aromatic carbocycles. The summed E-state index contributed by atoms with van der Waals surface area (Å²) in [6.45, 7) is 4.00. The van der Waals surface area contributed by atoms with Crippen molar-refractivity contribution in [2.75, 3.05) is 12.5 Å². The highest BCUT2D eigenvalue weighted by Crippen LogP contribution is 2.67. The monoisotopic (exact) mass is 879 g/mol. The molecule has 1 fully saturated rings.